The Hall–Kier alpha value is -1.93. The van der Waals surface area contributed by atoms with Crippen molar-refractivity contribution >= 4 is 11.8 Å². The number of hydrogen-bond acceptors (Lipinski definition) is 5. The summed E-state index contributed by atoms with van der Waals surface area (Å²) in [5.41, 5.74) is 2.15. The third-order valence-electron chi connectivity index (χ3n) is 5.50. The smallest absolute Gasteiger partial charge is 0.245 e. The number of nitrogens with one attached hydrogen (secondary N) is 1. The van der Waals surface area contributed by atoms with Gasteiger partial charge >= 0.3 is 0 Å². The Kier molecular flexibility index (Phi) is 5.21. The number of aromatic nitrogens is 2. The van der Waals surface area contributed by atoms with Crippen molar-refractivity contribution in [3.63, 3.8) is 0 Å². The summed E-state index contributed by atoms with van der Waals surface area (Å²) in [5.74, 6) is 0.154. The maximum atomic E-state index is 12.8. The number of hydrogen-bond donors (Lipinski definition) is 1. The van der Waals surface area contributed by atoms with Gasteiger partial charge in [-0.1, -0.05) is 0 Å². The molecule has 0 bridgehead atoms. The standard InChI is InChI=1S/C18H27N5O3/c24-17(4-3-14-12-15-13-19-5-7-23(15)20-14)22-6-1-2-16(22)18(25)21-8-10-26-11-9-21/h12,16,19H,1-11,13H2/t16-/m1/s1. The lowest BCUT2D eigenvalue weighted by atomic mass is 10.1. The highest BCUT2D eigenvalue weighted by molar-refractivity contribution is 5.88. The molecule has 0 unspecified atom stereocenters. The molecule has 2 amide bonds. The van der Waals surface area contributed by atoms with Gasteiger partial charge in [-0.25, -0.2) is 0 Å². The molecule has 0 aromatic carbocycles. The van der Waals surface area contributed by atoms with E-state index in [0.29, 0.717) is 45.7 Å². The average molecular weight is 361 g/mol. The fourth-order valence-electron chi connectivity index (χ4n) is 4.07. The SMILES string of the molecule is O=C([C@H]1CCCN1C(=O)CCc1cc2n(n1)CCNC2)N1CCOCC1. The van der Waals surface area contributed by atoms with Crippen molar-refractivity contribution < 1.29 is 14.3 Å². The van der Waals surface area contributed by atoms with Crippen molar-refractivity contribution in [3.05, 3.63) is 17.5 Å². The molecule has 0 saturated carbocycles. The number of fused-ring (bicyclic) bond motifs is 1. The molecule has 2 saturated heterocycles. The highest BCUT2D eigenvalue weighted by atomic mass is 16.5. The first-order valence-corrected chi connectivity index (χ1v) is 9.65. The molecule has 0 radical (unpaired) electrons. The van der Waals surface area contributed by atoms with Crippen molar-refractivity contribution in [2.24, 2.45) is 0 Å². The molecule has 1 aromatic heterocycles. The third kappa shape index (κ3) is 3.61. The van der Waals surface area contributed by atoms with Gasteiger partial charge in [-0.3, -0.25) is 14.3 Å². The number of carbonyl (C=O) groups is 2. The number of morpholine rings is 1. The summed E-state index contributed by atoms with van der Waals surface area (Å²) in [4.78, 5) is 29.1. The first kappa shape index (κ1) is 17.5. The van der Waals surface area contributed by atoms with E-state index in [1.807, 2.05) is 9.58 Å². The van der Waals surface area contributed by atoms with Gasteiger partial charge in [0.15, 0.2) is 0 Å². The minimum atomic E-state index is -0.292. The van der Waals surface area contributed by atoms with Gasteiger partial charge in [-0.2, -0.15) is 5.10 Å². The first-order chi connectivity index (χ1) is 12.7. The Morgan fingerprint density at radius 3 is 2.88 bits per heavy atom. The number of carbonyl (C=O) groups excluding carboxylic acids is 2. The minimum Gasteiger partial charge on any atom is -0.378 e. The Bertz CT molecular complexity index is 644. The summed E-state index contributed by atoms with van der Waals surface area (Å²) in [6.07, 6.45) is 2.72. The quantitative estimate of drug-likeness (QED) is 0.801. The van der Waals surface area contributed by atoms with E-state index in [1.54, 1.807) is 4.90 Å². The zero-order chi connectivity index (χ0) is 17.9. The van der Waals surface area contributed by atoms with Crippen LogP contribution in [0, 0.1) is 0 Å². The second kappa shape index (κ2) is 7.75. The van der Waals surface area contributed by atoms with Gasteiger partial charge in [0, 0.05) is 45.6 Å². The van der Waals surface area contributed by atoms with E-state index >= 15 is 0 Å². The van der Waals surface area contributed by atoms with Crippen LogP contribution in [0.15, 0.2) is 6.07 Å². The molecule has 8 nitrogen and oxygen atoms in total. The predicted octanol–water partition coefficient (Wildman–Crippen LogP) is -0.231. The van der Waals surface area contributed by atoms with E-state index in [4.69, 9.17) is 4.74 Å². The fourth-order valence-corrected chi connectivity index (χ4v) is 4.07. The minimum absolute atomic E-state index is 0.0678. The Morgan fingerprint density at radius 2 is 2.08 bits per heavy atom. The zero-order valence-corrected chi connectivity index (χ0v) is 15.2. The van der Waals surface area contributed by atoms with E-state index in [1.165, 1.54) is 5.69 Å². The first-order valence-electron chi connectivity index (χ1n) is 9.65. The van der Waals surface area contributed by atoms with Crippen LogP contribution in [0.4, 0.5) is 0 Å². The lowest BCUT2D eigenvalue weighted by molar-refractivity contribution is -0.146. The second-order valence-corrected chi connectivity index (χ2v) is 7.21. The Balaban J connectivity index is 1.34. The molecule has 3 aliphatic heterocycles. The molecule has 1 atom stereocenters. The summed E-state index contributed by atoms with van der Waals surface area (Å²) < 4.78 is 7.35. The lowest BCUT2D eigenvalue weighted by Crippen LogP contribution is -2.51. The molecule has 1 N–H and O–H groups in total. The van der Waals surface area contributed by atoms with Crippen molar-refractivity contribution in [1.82, 2.24) is 24.9 Å². The normalized spacial score (nSPS) is 23.2. The molecule has 0 aliphatic carbocycles. The molecule has 142 valence electrons. The maximum absolute atomic E-state index is 12.8. The van der Waals surface area contributed by atoms with E-state index in [2.05, 4.69) is 16.5 Å². The summed E-state index contributed by atoms with van der Waals surface area (Å²) in [7, 11) is 0. The molecule has 8 heteroatoms. The molecule has 1 aromatic rings. The van der Waals surface area contributed by atoms with Crippen LogP contribution in [0.25, 0.3) is 0 Å². The summed E-state index contributed by atoms with van der Waals surface area (Å²) in [5, 5.41) is 7.92. The van der Waals surface area contributed by atoms with Crippen molar-refractivity contribution in [2.45, 2.75) is 44.8 Å². The maximum Gasteiger partial charge on any atom is 0.245 e. The van der Waals surface area contributed by atoms with Crippen LogP contribution in [0.2, 0.25) is 0 Å². The lowest BCUT2D eigenvalue weighted by Gasteiger charge is -2.32. The van der Waals surface area contributed by atoms with Gasteiger partial charge in [0.05, 0.1) is 31.1 Å². The number of aryl methyl sites for hydroxylation is 1. The van der Waals surface area contributed by atoms with Crippen molar-refractivity contribution in [1.29, 1.82) is 0 Å². The van der Waals surface area contributed by atoms with Crippen LogP contribution in [-0.2, 0) is 33.8 Å². The largest absolute Gasteiger partial charge is 0.378 e. The molecule has 2 fully saturated rings. The van der Waals surface area contributed by atoms with E-state index in [9.17, 15) is 9.59 Å². The van der Waals surface area contributed by atoms with Gasteiger partial charge in [0.2, 0.25) is 11.8 Å². The number of rotatable bonds is 4. The molecular weight excluding hydrogens is 334 g/mol. The average Bonchev–Trinajstić information content (AvgIpc) is 3.33. The molecule has 4 rings (SSSR count). The number of nitrogens with zero attached hydrogens (tertiary/aromatic N) is 4. The van der Waals surface area contributed by atoms with Gasteiger partial charge in [0.1, 0.15) is 6.04 Å². The molecule has 4 heterocycles. The zero-order valence-electron chi connectivity index (χ0n) is 15.2. The van der Waals surface area contributed by atoms with Gasteiger partial charge in [0.25, 0.3) is 0 Å². The molecule has 26 heavy (non-hydrogen) atoms. The van der Waals surface area contributed by atoms with Crippen LogP contribution in [0.3, 0.4) is 0 Å². The number of ether oxygens (including phenoxy) is 1. The summed E-state index contributed by atoms with van der Waals surface area (Å²) >= 11 is 0. The van der Waals surface area contributed by atoms with Gasteiger partial charge < -0.3 is 19.9 Å². The summed E-state index contributed by atoms with van der Waals surface area (Å²) in [6, 6.07) is 1.79. The third-order valence-corrected chi connectivity index (χ3v) is 5.50. The topological polar surface area (TPSA) is 79.7 Å². The summed E-state index contributed by atoms with van der Waals surface area (Å²) in [6.45, 7) is 5.78. The highest BCUT2D eigenvalue weighted by Gasteiger charge is 2.36. The van der Waals surface area contributed by atoms with Crippen LogP contribution in [0.1, 0.15) is 30.7 Å². The van der Waals surface area contributed by atoms with Crippen molar-refractivity contribution in [3.8, 4) is 0 Å². The Labute approximate surface area is 153 Å². The molecule has 3 aliphatic rings. The number of amides is 2. The molecular formula is C18H27N5O3. The Morgan fingerprint density at radius 1 is 1.23 bits per heavy atom. The van der Waals surface area contributed by atoms with Crippen molar-refractivity contribution in [2.75, 3.05) is 39.4 Å². The predicted molar refractivity (Wildman–Crippen MR) is 94.4 cm³/mol. The van der Waals surface area contributed by atoms with Crippen LogP contribution < -0.4 is 5.32 Å². The van der Waals surface area contributed by atoms with Gasteiger partial charge in [-0.05, 0) is 18.9 Å². The monoisotopic (exact) mass is 361 g/mol. The fraction of sp³-hybridized carbons (Fsp3) is 0.722. The van der Waals surface area contributed by atoms with Crippen LogP contribution in [0.5, 0.6) is 0 Å². The molecule has 0 spiro atoms. The van der Waals surface area contributed by atoms with Gasteiger partial charge in [-0.15, -0.1) is 0 Å². The van der Waals surface area contributed by atoms with E-state index < -0.39 is 0 Å². The highest BCUT2D eigenvalue weighted by Crippen LogP contribution is 2.21. The van der Waals surface area contributed by atoms with E-state index in [-0.39, 0.29) is 17.9 Å². The van der Waals surface area contributed by atoms with E-state index in [0.717, 1.165) is 38.2 Å². The van der Waals surface area contributed by atoms with Crippen LogP contribution >= 0.6 is 0 Å². The number of likely N-dealkylation sites (tertiary alicyclic amines) is 1. The van der Waals surface area contributed by atoms with Crippen LogP contribution in [-0.4, -0.2) is 76.8 Å². The second-order valence-electron chi connectivity index (χ2n) is 7.21.